The number of rotatable bonds is 9. The predicted molar refractivity (Wildman–Crippen MR) is 55.5 cm³/mol. The number of hydrogen-bond donors (Lipinski definition) is 0. The van der Waals surface area contributed by atoms with Gasteiger partial charge in [-0.2, -0.15) is 61.5 Å². The van der Waals surface area contributed by atoms with Gasteiger partial charge in [0, 0.05) is 6.42 Å². The largest absolute Gasteiger partial charge is 0.384 e. The molecule has 0 rings (SSSR count). The maximum Gasteiger partial charge on any atom is 0.384 e. The van der Waals surface area contributed by atoms with Gasteiger partial charge < -0.3 is 0 Å². The molecule has 0 saturated carbocycles. The van der Waals surface area contributed by atoms with Crippen LogP contribution < -0.4 is 0 Å². The summed E-state index contributed by atoms with van der Waals surface area (Å²) in [5.74, 6) is -53.7. The Morgan fingerprint density at radius 2 is 0.815 bits per heavy atom. The molecule has 0 aromatic heterocycles. The molecule has 0 fully saturated rings. The van der Waals surface area contributed by atoms with Gasteiger partial charge in [-0.15, -0.1) is 0 Å². The van der Waals surface area contributed by atoms with Gasteiger partial charge in [0.2, 0.25) is 0 Å². The van der Waals surface area contributed by atoms with Crippen molar-refractivity contribution in [2.24, 2.45) is 0 Å². The van der Waals surface area contributed by atoms with Gasteiger partial charge in [0.05, 0.1) is 0 Å². The van der Waals surface area contributed by atoms with E-state index in [-0.39, 0.29) is 0 Å². The summed E-state index contributed by atoms with van der Waals surface area (Å²) in [7, 11) is 0. The zero-order valence-corrected chi connectivity index (χ0v) is 12.5. The van der Waals surface area contributed by atoms with Crippen molar-refractivity contribution in [3.63, 3.8) is 0 Å². The zero-order chi connectivity index (χ0) is 22.5. The molecule has 0 unspecified atom stereocenters. The van der Waals surface area contributed by atoms with Gasteiger partial charge in [0.15, 0.2) is 0 Å². The van der Waals surface area contributed by atoms with Gasteiger partial charge in [0.25, 0.3) is 0 Å². The van der Waals surface area contributed by atoms with Crippen LogP contribution in [-0.2, 0) is 0 Å². The molecule has 0 radical (unpaired) electrons. The van der Waals surface area contributed by atoms with Crippen molar-refractivity contribution in [1.82, 2.24) is 0 Å². The fraction of sp³-hybridized carbons (Fsp3) is 1.00. The van der Waals surface area contributed by atoms with Crippen LogP contribution in [0.5, 0.6) is 0 Å². The van der Waals surface area contributed by atoms with E-state index in [0.29, 0.717) is 6.92 Å². The van der Waals surface area contributed by atoms with Crippen LogP contribution >= 0.6 is 0 Å². The SMILES string of the molecule is CCCC(F)(F)C(F)(F)C(F)(F)C(F)(F)C(F)(F)C(F)(F)C(F)(F)C(F)F. The van der Waals surface area contributed by atoms with Crippen LogP contribution in [0, 0.1) is 0 Å². The normalized spacial score (nSPS) is 16.2. The van der Waals surface area contributed by atoms with Crippen LogP contribution in [0.4, 0.5) is 70.2 Å². The first-order valence-electron chi connectivity index (χ1n) is 6.43. The summed E-state index contributed by atoms with van der Waals surface area (Å²) in [5, 5.41) is 0. The molecule has 0 saturated heterocycles. The van der Waals surface area contributed by atoms with Crippen molar-refractivity contribution < 1.29 is 70.2 Å². The van der Waals surface area contributed by atoms with Crippen LogP contribution in [0.1, 0.15) is 19.8 Å². The molecule has 0 aromatic rings. The third-order valence-electron chi connectivity index (χ3n) is 3.29. The minimum Gasteiger partial charge on any atom is -0.203 e. The number of hydrogen-bond acceptors (Lipinski definition) is 0. The van der Waals surface area contributed by atoms with E-state index in [2.05, 4.69) is 0 Å². The molecule has 0 amide bonds. The zero-order valence-electron chi connectivity index (χ0n) is 12.5. The molecule has 0 N–H and O–H groups in total. The van der Waals surface area contributed by atoms with E-state index < -0.39 is 60.7 Å². The summed E-state index contributed by atoms with van der Waals surface area (Å²) in [6.07, 6.45) is -9.26. The standard InChI is InChI=1S/C11H8F16/c1-2-3-5(14,15)7(18,19)9(22,23)11(26,27)10(24,25)8(20,21)6(16,17)4(12)13/h4H,2-3H2,1H3. The Labute approximate surface area is 139 Å². The van der Waals surface area contributed by atoms with Crippen LogP contribution in [0.25, 0.3) is 0 Å². The summed E-state index contributed by atoms with van der Waals surface area (Å²) in [4.78, 5) is 0. The Morgan fingerprint density at radius 3 is 1.11 bits per heavy atom. The highest BCUT2D eigenvalue weighted by molar-refractivity contribution is 5.14. The van der Waals surface area contributed by atoms with Gasteiger partial charge >= 0.3 is 47.9 Å². The minimum atomic E-state index is -8.30. The molecule has 16 heteroatoms. The Morgan fingerprint density at radius 1 is 0.519 bits per heavy atom. The van der Waals surface area contributed by atoms with Crippen molar-refractivity contribution in [3.8, 4) is 0 Å². The molecular weight excluding hydrogens is 436 g/mol. The fourth-order valence-corrected chi connectivity index (χ4v) is 1.64. The summed E-state index contributed by atoms with van der Waals surface area (Å²) in [5.41, 5.74) is 0. The molecule has 0 aromatic carbocycles. The molecule has 0 spiro atoms. The molecular formula is C11H8F16. The molecule has 0 nitrogen and oxygen atoms in total. The Kier molecular flexibility index (Phi) is 6.46. The lowest BCUT2D eigenvalue weighted by molar-refractivity contribution is -0.447. The average Bonchev–Trinajstić information content (AvgIpc) is 2.45. The lowest BCUT2D eigenvalue weighted by atomic mass is 9.88. The maximum atomic E-state index is 13.2. The molecule has 0 bridgehead atoms. The average molecular weight is 444 g/mol. The Bertz CT molecular complexity index is 518. The molecule has 0 atom stereocenters. The van der Waals surface area contributed by atoms with E-state index in [0.717, 1.165) is 0 Å². The number of halogens is 16. The van der Waals surface area contributed by atoms with Gasteiger partial charge in [-0.05, 0) is 0 Å². The van der Waals surface area contributed by atoms with Crippen LogP contribution in [0.15, 0.2) is 0 Å². The highest BCUT2D eigenvalue weighted by atomic mass is 19.4. The van der Waals surface area contributed by atoms with Crippen molar-refractivity contribution in [3.05, 3.63) is 0 Å². The predicted octanol–water partition coefficient (Wildman–Crippen LogP) is 6.50. The molecule has 0 heterocycles. The first kappa shape index (κ1) is 25.9. The molecule has 0 aliphatic carbocycles. The van der Waals surface area contributed by atoms with Gasteiger partial charge in [0.1, 0.15) is 0 Å². The lowest BCUT2D eigenvalue weighted by Gasteiger charge is -2.42. The van der Waals surface area contributed by atoms with E-state index >= 15 is 0 Å². The molecule has 27 heavy (non-hydrogen) atoms. The monoisotopic (exact) mass is 444 g/mol. The second-order valence-electron chi connectivity index (χ2n) is 5.25. The highest BCUT2D eigenvalue weighted by Crippen LogP contribution is 2.63. The van der Waals surface area contributed by atoms with Crippen molar-refractivity contribution in [2.45, 2.75) is 67.6 Å². The summed E-state index contributed by atoms with van der Waals surface area (Å²) >= 11 is 0. The van der Waals surface area contributed by atoms with Crippen LogP contribution in [-0.4, -0.2) is 47.9 Å². The third-order valence-corrected chi connectivity index (χ3v) is 3.29. The van der Waals surface area contributed by atoms with Crippen LogP contribution in [0.2, 0.25) is 0 Å². The minimum absolute atomic E-state index is 0.631. The third kappa shape index (κ3) is 3.29. The van der Waals surface area contributed by atoms with Gasteiger partial charge in [-0.1, -0.05) is 13.3 Å². The van der Waals surface area contributed by atoms with Gasteiger partial charge in [-0.3, -0.25) is 0 Å². The lowest BCUT2D eigenvalue weighted by Crippen LogP contribution is -2.73. The highest BCUT2D eigenvalue weighted by Gasteiger charge is 2.93. The Hall–Kier alpha value is -1.12. The second-order valence-corrected chi connectivity index (χ2v) is 5.25. The Balaban J connectivity index is 6.53. The molecule has 164 valence electrons. The first-order valence-corrected chi connectivity index (χ1v) is 6.43. The first-order chi connectivity index (χ1) is 11.5. The van der Waals surface area contributed by atoms with Crippen molar-refractivity contribution in [2.75, 3.05) is 0 Å². The second kappa shape index (κ2) is 6.74. The topological polar surface area (TPSA) is 0 Å². The summed E-state index contributed by atoms with van der Waals surface area (Å²) < 4.78 is 205. The fourth-order valence-electron chi connectivity index (χ4n) is 1.64. The number of alkyl halides is 16. The molecule has 0 aliphatic rings. The van der Waals surface area contributed by atoms with E-state index in [1.165, 1.54) is 0 Å². The van der Waals surface area contributed by atoms with E-state index in [9.17, 15) is 70.2 Å². The maximum absolute atomic E-state index is 13.2. The van der Waals surface area contributed by atoms with Gasteiger partial charge in [-0.25, -0.2) is 8.78 Å². The smallest absolute Gasteiger partial charge is 0.203 e. The quantitative estimate of drug-likeness (QED) is 0.357. The molecule has 0 aliphatic heterocycles. The summed E-state index contributed by atoms with van der Waals surface area (Å²) in [6, 6.07) is 0. The van der Waals surface area contributed by atoms with Crippen LogP contribution in [0.3, 0.4) is 0 Å². The van der Waals surface area contributed by atoms with E-state index in [4.69, 9.17) is 0 Å². The van der Waals surface area contributed by atoms with Crippen molar-refractivity contribution in [1.29, 1.82) is 0 Å². The van der Waals surface area contributed by atoms with E-state index in [1.807, 2.05) is 0 Å². The van der Waals surface area contributed by atoms with E-state index in [1.54, 1.807) is 0 Å². The van der Waals surface area contributed by atoms with Crippen molar-refractivity contribution >= 4 is 0 Å². The summed E-state index contributed by atoms with van der Waals surface area (Å²) in [6.45, 7) is 0.631.